The summed E-state index contributed by atoms with van der Waals surface area (Å²) >= 11 is 0. The molecule has 1 unspecified atom stereocenters. The molecule has 1 aromatic carbocycles. The molecule has 0 saturated heterocycles. The van der Waals surface area contributed by atoms with Crippen molar-refractivity contribution in [1.82, 2.24) is 0 Å². The van der Waals surface area contributed by atoms with Gasteiger partial charge in [0.2, 0.25) is 0 Å². The summed E-state index contributed by atoms with van der Waals surface area (Å²) in [5.41, 5.74) is 1.47. The second-order valence-electron chi connectivity index (χ2n) is 5.56. The molecule has 0 amide bonds. The van der Waals surface area contributed by atoms with Crippen molar-refractivity contribution >= 4 is 0 Å². The maximum Gasteiger partial charge on any atom is 0.0831 e. The zero-order valence-electron chi connectivity index (χ0n) is 11.9. The van der Waals surface area contributed by atoms with Crippen LogP contribution in [-0.2, 0) is 6.42 Å². The highest BCUT2D eigenvalue weighted by molar-refractivity contribution is 5.14. The van der Waals surface area contributed by atoms with Gasteiger partial charge in [-0.2, -0.15) is 0 Å². The largest absolute Gasteiger partial charge is 0.324 e. The molecule has 0 bridgehead atoms. The number of hydrogen-bond donors (Lipinski definition) is 0. The standard InChI is InChI=1S/C16H28N/c1-5-17(4,15(2)3)14-10-9-13-16-11-7-6-8-12-16/h6-8,11-12,15H,5,9-10,13-14H2,1-4H3/q+1. The van der Waals surface area contributed by atoms with E-state index < -0.39 is 0 Å². The fourth-order valence-electron chi connectivity index (χ4n) is 2.23. The van der Waals surface area contributed by atoms with Gasteiger partial charge in [0.15, 0.2) is 0 Å². The third kappa shape index (κ3) is 4.51. The van der Waals surface area contributed by atoms with Gasteiger partial charge in [0, 0.05) is 0 Å². The van der Waals surface area contributed by atoms with Crippen molar-refractivity contribution in [3.63, 3.8) is 0 Å². The van der Waals surface area contributed by atoms with Crippen LogP contribution in [-0.4, -0.2) is 30.7 Å². The summed E-state index contributed by atoms with van der Waals surface area (Å²) in [4.78, 5) is 0. The first kappa shape index (κ1) is 14.2. The summed E-state index contributed by atoms with van der Waals surface area (Å²) in [6, 6.07) is 11.6. The molecule has 1 aromatic rings. The Labute approximate surface area is 107 Å². The van der Waals surface area contributed by atoms with Crippen LogP contribution < -0.4 is 0 Å². The predicted molar refractivity (Wildman–Crippen MR) is 76.1 cm³/mol. The minimum Gasteiger partial charge on any atom is -0.324 e. The average Bonchev–Trinajstić information content (AvgIpc) is 2.35. The number of benzene rings is 1. The van der Waals surface area contributed by atoms with Gasteiger partial charge in [-0.1, -0.05) is 30.3 Å². The lowest BCUT2D eigenvalue weighted by molar-refractivity contribution is -0.928. The van der Waals surface area contributed by atoms with Crippen LogP contribution in [0.4, 0.5) is 0 Å². The van der Waals surface area contributed by atoms with Crippen molar-refractivity contribution in [3.05, 3.63) is 35.9 Å². The molecule has 1 heteroatoms. The Morgan fingerprint density at radius 3 is 2.24 bits per heavy atom. The van der Waals surface area contributed by atoms with E-state index in [1.54, 1.807) is 0 Å². The lowest BCUT2D eigenvalue weighted by atomic mass is 10.1. The van der Waals surface area contributed by atoms with E-state index in [0.29, 0.717) is 0 Å². The van der Waals surface area contributed by atoms with E-state index in [4.69, 9.17) is 0 Å². The minimum absolute atomic E-state index is 0.733. The second-order valence-corrected chi connectivity index (χ2v) is 5.56. The molecule has 0 heterocycles. The molecule has 0 aliphatic rings. The molecule has 1 atom stereocenters. The number of unbranched alkanes of at least 4 members (excludes halogenated alkanes) is 1. The van der Waals surface area contributed by atoms with Crippen LogP contribution >= 0.6 is 0 Å². The SMILES string of the molecule is CC[N+](C)(CCCCc1ccccc1)C(C)C. The van der Waals surface area contributed by atoms with Crippen molar-refractivity contribution in [1.29, 1.82) is 0 Å². The summed E-state index contributed by atoms with van der Waals surface area (Å²) in [5, 5.41) is 0. The van der Waals surface area contributed by atoms with Crippen LogP contribution in [0.1, 0.15) is 39.2 Å². The van der Waals surface area contributed by atoms with E-state index in [9.17, 15) is 0 Å². The van der Waals surface area contributed by atoms with Gasteiger partial charge in [-0.3, -0.25) is 0 Å². The van der Waals surface area contributed by atoms with Crippen LogP contribution in [0.2, 0.25) is 0 Å². The number of nitrogens with zero attached hydrogens (tertiary/aromatic N) is 1. The number of aryl methyl sites for hydroxylation is 1. The van der Waals surface area contributed by atoms with Gasteiger partial charge in [-0.05, 0) is 45.6 Å². The average molecular weight is 234 g/mol. The van der Waals surface area contributed by atoms with Gasteiger partial charge >= 0.3 is 0 Å². The van der Waals surface area contributed by atoms with Gasteiger partial charge in [-0.15, -0.1) is 0 Å². The van der Waals surface area contributed by atoms with Crippen molar-refractivity contribution < 1.29 is 4.48 Å². The molecule has 96 valence electrons. The monoisotopic (exact) mass is 234 g/mol. The number of rotatable bonds is 7. The molecule has 17 heavy (non-hydrogen) atoms. The van der Waals surface area contributed by atoms with Gasteiger partial charge < -0.3 is 4.48 Å². The van der Waals surface area contributed by atoms with Crippen molar-refractivity contribution in [2.24, 2.45) is 0 Å². The Balaban J connectivity index is 2.28. The van der Waals surface area contributed by atoms with Gasteiger partial charge in [-0.25, -0.2) is 0 Å². The predicted octanol–water partition coefficient (Wildman–Crippen LogP) is 3.88. The van der Waals surface area contributed by atoms with Crippen LogP contribution in [0.15, 0.2) is 30.3 Å². The van der Waals surface area contributed by atoms with E-state index in [0.717, 1.165) is 6.04 Å². The summed E-state index contributed by atoms with van der Waals surface area (Å²) in [5.74, 6) is 0. The van der Waals surface area contributed by atoms with E-state index >= 15 is 0 Å². The lowest BCUT2D eigenvalue weighted by Crippen LogP contribution is -2.49. The molecule has 0 spiro atoms. The fraction of sp³-hybridized carbons (Fsp3) is 0.625. The second kappa shape index (κ2) is 6.80. The normalized spacial score (nSPS) is 14.9. The lowest BCUT2D eigenvalue weighted by Gasteiger charge is -2.37. The van der Waals surface area contributed by atoms with Crippen molar-refractivity contribution in [3.8, 4) is 0 Å². The molecule has 0 fully saturated rings. The molecule has 1 rings (SSSR count). The summed E-state index contributed by atoms with van der Waals surface area (Å²) < 4.78 is 1.20. The van der Waals surface area contributed by atoms with Crippen LogP contribution in [0, 0.1) is 0 Å². The number of quaternary nitrogens is 1. The van der Waals surface area contributed by atoms with Crippen molar-refractivity contribution in [2.45, 2.75) is 46.1 Å². The molecule has 0 radical (unpaired) electrons. The van der Waals surface area contributed by atoms with E-state index in [1.807, 2.05) is 0 Å². The molecule has 0 N–H and O–H groups in total. The zero-order valence-corrected chi connectivity index (χ0v) is 11.9. The fourth-order valence-corrected chi connectivity index (χ4v) is 2.23. The maximum absolute atomic E-state index is 2.38. The van der Waals surface area contributed by atoms with Gasteiger partial charge in [0.1, 0.15) is 0 Å². The highest BCUT2D eigenvalue weighted by Gasteiger charge is 2.22. The molecule has 0 aliphatic carbocycles. The summed E-state index contributed by atoms with van der Waals surface area (Å²) in [7, 11) is 2.38. The Kier molecular flexibility index (Phi) is 5.70. The van der Waals surface area contributed by atoms with Crippen LogP contribution in [0.25, 0.3) is 0 Å². The van der Waals surface area contributed by atoms with Crippen molar-refractivity contribution in [2.75, 3.05) is 20.1 Å². The Hall–Kier alpha value is -0.820. The Bertz CT molecular complexity index is 305. The Morgan fingerprint density at radius 2 is 1.71 bits per heavy atom. The van der Waals surface area contributed by atoms with Crippen LogP contribution in [0.5, 0.6) is 0 Å². The molecular weight excluding hydrogens is 206 g/mol. The highest BCUT2D eigenvalue weighted by Crippen LogP contribution is 2.13. The number of hydrogen-bond acceptors (Lipinski definition) is 0. The van der Waals surface area contributed by atoms with Gasteiger partial charge in [0.25, 0.3) is 0 Å². The Morgan fingerprint density at radius 1 is 1.06 bits per heavy atom. The van der Waals surface area contributed by atoms with Gasteiger partial charge in [0.05, 0.1) is 26.2 Å². The summed E-state index contributed by atoms with van der Waals surface area (Å²) in [6.45, 7) is 9.52. The first-order valence-corrected chi connectivity index (χ1v) is 6.96. The topological polar surface area (TPSA) is 0 Å². The summed E-state index contributed by atoms with van der Waals surface area (Å²) in [6.07, 6.45) is 3.87. The third-order valence-corrected chi connectivity index (χ3v) is 4.20. The minimum atomic E-state index is 0.733. The first-order chi connectivity index (χ1) is 8.08. The molecule has 1 nitrogen and oxygen atoms in total. The highest BCUT2D eigenvalue weighted by atomic mass is 15.3. The molecule has 0 aliphatic heterocycles. The molecule has 0 saturated carbocycles. The quantitative estimate of drug-likeness (QED) is 0.496. The smallest absolute Gasteiger partial charge is 0.0831 e. The molecular formula is C16H28N+. The van der Waals surface area contributed by atoms with Crippen LogP contribution in [0.3, 0.4) is 0 Å². The van der Waals surface area contributed by atoms with E-state index in [2.05, 4.69) is 58.2 Å². The zero-order chi connectivity index (χ0) is 12.7. The molecule has 0 aromatic heterocycles. The third-order valence-electron chi connectivity index (χ3n) is 4.20. The van der Waals surface area contributed by atoms with E-state index in [1.165, 1.54) is 42.4 Å². The first-order valence-electron chi connectivity index (χ1n) is 6.96. The van der Waals surface area contributed by atoms with E-state index in [-0.39, 0.29) is 0 Å². The maximum atomic E-state index is 2.38.